The van der Waals surface area contributed by atoms with E-state index < -0.39 is 0 Å². The molecule has 22 heavy (non-hydrogen) atoms. The lowest BCUT2D eigenvalue weighted by Crippen LogP contribution is -2.21. The number of nitrogens with zero attached hydrogens (tertiary/aromatic N) is 3. The number of anilines is 2. The highest BCUT2D eigenvalue weighted by molar-refractivity contribution is 5.44. The minimum absolute atomic E-state index is 0.0493. The maximum absolute atomic E-state index is 9.17. The fraction of sp³-hybridized carbons (Fsp3) is 0.438. The lowest BCUT2D eigenvalue weighted by atomic mass is 10.2. The van der Waals surface area contributed by atoms with Crippen LogP contribution in [0.4, 0.5) is 11.8 Å². The van der Waals surface area contributed by atoms with Gasteiger partial charge < -0.3 is 15.7 Å². The molecule has 0 bridgehead atoms. The molecule has 0 aromatic carbocycles. The van der Waals surface area contributed by atoms with Crippen molar-refractivity contribution >= 4 is 11.8 Å². The van der Waals surface area contributed by atoms with Crippen molar-refractivity contribution in [1.29, 1.82) is 0 Å². The van der Waals surface area contributed by atoms with Crippen LogP contribution < -0.4 is 10.6 Å². The fourth-order valence-corrected chi connectivity index (χ4v) is 2.16. The smallest absolute Gasteiger partial charge is 0.225 e. The van der Waals surface area contributed by atoms with Crippen LogP contribution in [-0.4, -0.2) is 32.7 Å². The molecule has 3 N–H and O–H groups in total. The number of nitrogens with one attached hydrogen (secondary N) is 2. The average molecular weight is 299 g/mol. The molecule has 0 saturated heterocycles. The van der Waals surface area contributed by atoms with Gasteiger partial charge in [0.15, 0.2) is 0 Å². The molecule has 6 nitrogen and oxygen atoms in total. The Morgan fingerprint density at radius 1 is 1.32 bits per heavy atom. The van der Waals surface area contributed by atoms with Crippen molar-refractivity contribution in [1.82, 2.24) is 15.0 Å². The molecule has 0 amide bonds. The zero-order valence-electron chi connectivity index (χ0n) is 12.7. The Morgan fingerprint density at radius 2 is 2.18 bits per heavy atom. The van der Waals surface area contributed by atoms with E-state index in [4.69, 9.17) is 5.11 Å². The molecule has 3 rings (SSSR count). The molecule has 1 aliphatic carbocycles. The third-order valence-corrected chi connectivity index (χ3v) is 3.57. The van der Waals surface area contributed by atoms with Crippen LogP contribution in [0.1, 0.15) is 37.1 Å². The van der Waals surface area contributed by atoms with E-state index in [1.807, 2.05) is 31.2 Å². The van der Waals surface area contributed by atoms with Crippen molar-refractivity contribution in [3.63, 3.8) is 0 Å². The molecule has 116 valence electrons. The summed E-state index contributed by atoms with van der Waals surface area (Å²) in [5.74, 6) is 1.90. The minimum atomic E-state index is -0.0712. The van der Waals surface area contributed by atoms with Gasteiger partial charge in [-0.25, -0.2) is 4.98 Å². The second-order valence-electron chi connectivity index (χ2n) is 5.68. The van der Waals surface area contributed by atoms with Gasteiger partial charge in [0.05, 0.1) is 24.5 Å². The van der Waals surface area contributed by atoms with Gasteiger partial charge in [0.2, 0.25) is 5.95 Å². The van der Waals surface area contributed by atoms with Crippen LogP contribution >= 0.6 is 0 Å². The molecule has 1 aliphatic rings. The standard InChI is InChI=1S/C16H21N5O/c1-11(10-22)19-16-20-14(12-5-6-12)8-15(21-16)18-9-13-4-2-3-7-17-13/h2-4,7-8,11-12,22H,5-6,9-10H2,1H3,(H2,18,19,20,21)/t11-/m0/s1. The van der Waals surface area contributed by atoms with E-state index >= 15 is 0 Å². The zero-order chi connectivity index (χ0) is 15.4. The third-order valence-electron chi connectivity index (χ3n) is 3.57. The Hall–Kier alpha value is -2.21. The van der Waals surface area contributed by atoms with Crippen molar-refractivity contribution in [2.45, 2.75) is 38.3 Å². The quantitative estimate of drug-likeness (QED) is 0.726. The molecule has 0 spiro atoms. The average Bonchev–Trinajstić information content (AvgIpc) is 3.38. The summed E-state index contributed by atoms with van der Waals surface area (Å²) in [4.78, 5) is 13.3. The first-order chi connectivity index (χ1) is 10.7. The van der Waals surface area contributed by atoms with Gasteiger partial charge >= 0.3 is 0 Å². The highest BCUT2D eigenvalue weighted by Gasteiger charge is 2.26. The molecular weight excluding hydrogens is 278 g/mol. The maximum atomic E-state index is 9.17. The van der Waals surface area contributed by atoms with Crippen molar-refractivity contribution < 1.29 is 5.11 Å². The predicted molar refractivity (Wildman–Crippen MR) is 85.7 cm³/mol. The molecule has 6 heteroatoms. The van der Waals surface area contributed by atoms with Crippen molar-refractivity contribution in [2.24, 2.45) is 0 Å². The summed E-state index contributed by atoms with van der Waals surface area (Å²) in [6.45, 7) is 2.57. The lowest BCUT2D eigenvalue weighted by molar-refractivity contribution is 0.281. The van der Waals surface area contributed by atoms with E-state index in [-0.39, 0.29) is 12.6 Å². The molecule has 1 atom stereocenters. The maximum Gasteiger partial charge on any atom is 0.225 e. The second-order valence-corrected chi connectivity index (χ2v) is 5.68. The summed E-state index contributed by atoms with van der Waals surface area (Å²) in [5, 5.41) is 15.6. The largest absolute Gasteiger partial charge is 0.394 e. The number of hydrogen-bond acceptors (Lipinski definition) is 6. The second kappa shape index (κ2) is 6.70. The van der Waals surface area contributed by atoms with Gasteiger partial charge in [-0.2, -0.15) is 4.98 Å². The lowest BCUT2D eigenvalue weighted by Gasteiger charge is -2.14. The fourth-order valence-electron chi connectivity index (χ4n) is 2.16. The van der Waals surface area contributed by atoms with Gasteiger partial charge in [-0.15, -0.1) is 0 Å². The Balaban J connectivity index is 1.74. The number of aromatic nitrogens is 3. The Kier molecular flexibility index (Phi) is 4.48. The zero-order valence-corrected chi connectivity index (χ0v) is 12.7. The number of aliphatic hydroxyl groups is 1. The van der Waals surface area contributed by atoms with Gasteiger partial charge in [0.25, 0.3) is 0 Å². The third kappa shape index (κ3) is 3.92. The Labute approximate surface area is 130 Å². The molecule has 2 aromatic heterocycles. The van der Waals surface area contributed by atoms with E-state index in [1.54, 1.807) is 6.20 Å². The normalized spacial score (nSPS) is 15.4. The number of rotatable bonds is 7. The Morgan fingerprint density at radius 3 is 2.86 bits per heavy atom. The topological polar surface area (TPSA) is 83.0 Å². The summed E-state index contributed by atoms with van der Waals surface area (Å²) >= 11 is 0. The molecule has 2 heterocycles. The molecule has 0 aliphatic heterocycles. The highest BCUT2D eigenvalue weighted by atomic mass is 16.3. The van der Waals surface area contributed by atoms with Crippen LogP contribution in [0.25, 0.3) is 0 Å². The molecule has 1 fully saturated rings. The molecule has 2 aromatic rings. The number of aliphatic hydroxyl groups excluding tert-OH is 1. The number of pyridine rings is 1. The van der Waals surface area contributed by atoms with Crippen LogP contribution in [0, 0.1) is 0 Å². The molecule has 0 unspecified atom stereocenters. The summed E-state index contributed by atoms with van der Waals surface area (Å²) in [5.41, 5.74) is 2.03. The van der Waals surface area contributed by atoms with E-state index in [1.165, 1.54) is 12.8 Å². The highest BCUT2D eigenvalue weighted by Crippen LogP contribution is 2.39. The summed E-state index contributed by atoms with van der Waals surface area (Å²) in [6, 6.07) is 7.78. The monoisotopic (exact) mass is 299 g/mol. The minimum Gasteiger partial charge on any atom is -0.394 e. The van der Waals surface area contributed by atoms with E-state index in [0.717, 1.165) is 17.2 Å². The van der Waals surface area contributed by atoms with Gasteiger partial charge in [-0.3, -0.25) is 4.98 Å². The van der Waals surface area contributed by atoms with Crippen LogP contribution in [-0.2, 0) is 6.54 Å². The Bertz CT molecular complexity index is 615. The molecule has 1 saturated carbocycles. The van der Waals surface area contributed by atoms with Gasteiger partial charge in [-0.05, 0) is 31.9 Å². The van der Waals surface area contributed by atoms with Crippen molar-refractivity contribution in [3.8, 4) is 0 Å². The van der Waals surface area contributed by atoms with Crippen LogP contribution in [0.2, 0.25) is 0 Å². The predicted octanol–water partition coefficient (Wildman–Crippen LogP) is 2.15. The van der Waals surface area contributed by atoms with Gasteiger partial charge in [0, 0.05) is 24.2 Å². The summed E-state index contributed by atoms with van der Waals surface area (Å²) in [6.07, 6.45) is 4.15. The first kappa shape index (κ1) is 14.7. The molecular formula is C16H21N5O. The van der Waals surface area contributed by atoms with Crippen LogP contribution in [0.15, 0.2) is 30.5 Å². The van der Waals surface area contributed by atoms with E-state index in [2.05, 4.69) is 25.6 Å². The summed E-state index contributed by atoms with van der Waals surface area (Å²) in [7, 11) is 0. The van der Waals surface area contributed by atoms with Gasteiger partial charge in [0.1, 0.15) is 5.82 Å². The van der Waals surface area contributed by atoms with Crippen molar-refractivity contribution in [3.05, 3.63) is 41.9 Å². The van der Waals surface area contributed by atoms with Crippen molar-refractivity contribution in [2.75, 3.05) is 17.2 Å². The molecule has 0 radical (unpaired) electrons. The van der Waals surface area contributed by atoms with Crippen LogP contribution in [0.3, 0.4) is 0 Å². The SMILES string of the molecule is C[C@@H](CO)Nc1nc(NCc2ccccn2)cc(C2CC2)n1. The van der Waals surface area contributed by atoms with E-state index in [9.17, 15) is 0 Å². The van der Waals surface area contributed by atoms with Crippen LogP contribution in [0.5, 0.6) is 0 Å². The van der Waals surface area contributed by atoms with Gasteiger partial charge in [-0.1, -0.05) is 6.07 Å². The summed E-state index contributed by atoms with van der Waals surface area (Å²) < 4.78 is 0. The first-order valence-corrected chi connectivity index (χ1v) is 7.65. The first-order valence-electron chi connectivity index (χ1n) is 7.65. The number of hydrogen-bond donors (Lipinski definition) is 3. The van der Waals surface area contributed by atoms with E-state index in [0.29, 0.717) is 18.4 Å².